The van der Waals surface area contributed by atoms with Crippen molar-refractivity contribution in [2.45, 2.75) is 19.8 Å². The molecule has 0 saturated heterocycles. The Bertz CT molecular complexity index is 650. The molecule has 0 aliphatic rings. The van der Waals surface area contributed by atoms with Crippen LogP contribution < -0.4 is 0 Å². The first-order valence-electron chi connectivity index (χ1n) is 6.44. The van der Waals surface area contributed by atoms with Gasteiger partial charge in [0.1, 0.15) is 5.58 Å². The average Bonchev–Trinajstić information content (AvgIpc) is 2.85. The van der Waals surface area contributed by atoms with Crippen molar-refractivity contribution in [3.8, 4) is 11.1 Å². The fraction of sp³-hybridized carbons (Fsp3) is 0.176. The lowest BCUT2D eigenvalue weighted by Gasteiger charge is -2.01. The minimum Gasteiger partial charge on any atom is -0.463 e. The van der Waals surface area contributed by atoms with Gasteiger partial charge >= 0.3 is 0 Å². The maximum absolute atomic E-state index is 5.79. The van der Waals surface area contributed by atoms with Crippen LogP contribution in [0.15, 0.2) is 59.2 Å². The van der Waals surface area contributed by atoms with Crippen LogP contribution in [0.4, 0.5) is 0 Å². The molecule has 0 fully saturated rings. The maximum atomic E-state index is 5.79. The summed E-state index contributed by atoms with van der Waals surface area (Å²) in [4.78, 5) is 0. The number of benzene rings is 2. The van der Waals surface area contributed by atoms with Crippen molar-refractivity contribution < 1.29 is 4.42 Å². The summed E-state index contributed by atoms with van der Waals surface area (Å²) in [6.45, 7) is 2.19. The zero-order valence-corrected chi connectivity index (χ0v) is 10.5. The van der Waals surface area contributed by atoms with Crippen LogP contribution in [0.2, 0.25) is 0 Å². The van der Waals surface area contributed by atoms with Gasteiger partial charge in [-0.2, -0.15) is 0 Å². The van der Waals surface area contributed by atoms with E-state index in [1.54, 1.807) is 0 Å². The number of hydrogen-bond donors (Lipinski definition) is 0. The van der Waals surface area contributed by atoms with Gasteiger partial charge in [-0.1, -0.05) is 61.9 Å². The van der Waals surface area contributed by atoms with E-state index < -0.39 is 0 Å². The van der Waals surface area contributed by atoms with E-state index in [0.29, 0.717) is 0 Å². The topological polar surface area (TPSA) is 13.1 Å². The molecule has 3 rings (SSSR count). The Morgan fingerprint density at radius 3 is 2.56 bits per heavy atom. The largest absolute Gasteiger partial charge is 0.463 e. The third-order valence-corrected chi connectivity index (χ3v) is 3.29. The van der Waals surface area contributed by atoms with E-state index in [-0.39, 0.29) is 0 Å². The average molecular weight is 236 g/mol. The van der Waals surface area contributed by atoms with Crippen LogP contribution >= 0.6 is 0 Å². The van der Waals surface area contributed by atoms with Crippen molar-refractivity contribution >= 4 is 11.0 Å². The highest BCUT2D eigenvalue weighted by Crippen LogP contribution is 2.32. The lowest BCUT2D eigenvalue weighted by molar-refractivity contribution is 0.611. The quantitative estimate of drug-likeness (QED) is 0.620. The van der Waals surface area contributed by atoms with Crippen LogP contribution in [0.25, 0.3) is 22.1 Å². The number of hydrogen-bond acceptors (Lipinski definition) is 1. The predicted molar refractivity (Wildman–Crippen MR) is 75.6 cm³/mol. The molecule has 0 unspecified atom stereocenters. The van der Waals surface area contributed by atoms with Crippen LogP contribution in [-0.4, -0.2) is 0 Å². The van der Waals surface area contributed by atoms with Crippen LogP contribution in [0, 0.1) is 0 Å². The van der Waals surface area contributed by atoms with Crippen molar-refractivity contribution in [3.63, 3.8) is 0 Å². The third-order valence-electron chi connectivity index (χ3n) is 3.29. The van der Waals surface area contributed by atoms with E-state index in [4.69, 9.17) is 4.42 Å². The van der Waals surface area contributed by atoms with Gasteiger partial charge in [0.15, 0.2) is 0 Å². The fourth-order valence-corrected chi connectivity index (χ4v) is 2.42. The predicted octanol–water partition coefficient (Wildman–Crippen LogP) is 5.05. The molecule has 18 heavy (non-hydrogen) atoms. The number of fused-ring (bicyclic) bond motifs is 1. The Hall–Kier alpha value is -2.02. The van der Waals surface area contributed by atoms with Gasteiger partial charge in [-0.15, -0.1) is 0 Å². The van der Waals surface area contributed by atoms with E-state index in [2.05, 4.69) is 49.4 Å². The monoisotopic (exact) mass is 236 g/mol. The van der Waals surface area contributed by atoms with Gasteiger partial charge in [0.25, 0.3) is 0 Å². The Morgan fingerprint density at radius 2 is 1.78 bits per heavy atom. The molecule has 1 nitrogen and oxygen atoms in total. The first kappa shape index (κ1) is 11.1. The Balaban J connectivity index is 2.18. The van der Waals surface area contributed by atoms with Gasteiger partial charge in [0, 0.05) is 10.9 Å². The molecule has 0 saturated carbocycles. The summed E-state index contributed by atoms with van der Waals surface area (Å²) in [6, 6.07) is 16.8. The molecule has 0 aliphatic heterocycles. The standard InChI is InChI=1S/C17H16O/c1-2-7-14-10-6-11-15-16(12-18-17(14)15)13-8-4-3-5-9-13/h3-6,8-12H,2,7H2,1H3. The van der Waals surface area contributed by atoms with E-state index in [9.17, 15) is 0 Å². The second-order valence-electron chi connectivity index (χ2n) is 4.56. The summed E-state index contributed by atoms with van der Waals surface area (Å²) < 4.78 is 5.79. The van der Waals surface area contributed by atoms with Crippen LogP contribution in [0.5, 0.6) is 0 Å². The van der Waals surface area contributed by atoms with Crippen LogP contribution in [0.1, 0.15) is 18.9 Å². The number of para-hydroxylation sites is 1. The summed E-state index contributed by atoms with van der Waals surface area (Å²) in [5.74, 6) is 0. The molecule has 0 radical (unpaired) electrons. The minimum absolute atomic E-state index is 1.04. The Kier molecular flexibility index (Phi) is 2.89. The summed E-state index contributed by atoms with van der Waals surface area (Å²) in [6.07, 6.45) is 4.08. The minimum atomic E-state index is 1.04. The molecule has 0 atom stereocenters. The number of furan rings is 1. The summed E-state index contributed by atoms with van der Waals surface area (Å²) in [7, 11) is 0. The summed E-state index contributed by atoms with van der Waals surface area (Å²) in [5.41, 5.74) is 4.74. The van der Waals surface area contributed by atoms with E-state index >= 15 is 0 Å². The first-order chi connectivity index (χ1) is 8.90. The Labute approximate surface area is 107 Å². The highest BCUT2D eigenvalue weighted by atomic mass is 16.3. The van der Waals surface area contributed by atoms with Gasteiger partial charge < -0.3 is 4.42 Å². The van der Waals surface area contributed by atoms with Gasteiger partial charge in [0.2, 0.25) is 0 Å². The molecule has 0 amide bonds. The molecule has 1 heterocycles. The molecule has 0 bridgehead atoms. The molecule has 90 valence electrons. The smallest absolute Gasteiger partial charge is 0.137 e. The van der Waals surface area contributed by atoms with E-state index in [1.807, 2.05) is 12.3 Å². The van der Waals surface area contributed by atoms with Crippen molar-refractivity contribution in [3.05, 3.63) is 60.4 Å². The van der Waals surface area contributed by atoms with Crippen molar-refractivity contribution in [2.75, 3.05) is 0 Å². The highest BCUT2D eigenvalue weighted by Gasteiger charge is 2.10. The van der Waals surface area contributed by atoms with Crippen LogP contribution in [-0.2, 0) is 6.42 Å². The second kappa shape index (κ2) is 4.69. The maximum Gasteiger partial charge on any atom is 0.137 e. The van der Waals surface area contributed by atoms with Crippen LogP contribution in [0.3, 0.4) is 0 Å². The summed E-state index contributed by atoms with van der Waals surface area (Å²) in [5, 5.41) is 1.21. The number of rotatable bonds is 3. The molecule has 2 aromatic carbocycles. The second-order valence-corrected chi connectivity index (χ2v) is 4.56. The van der Waals surface area contributed by atoms with E-state index in [0.717, 1.165) is 18.4 Å². The lowest BCUT2D eigenvalue weighted by atomic mass is 10.0. The molecule has 1 heteroatoms. The van der Waals surface area contributed by atoms with Gasteiger partial charge in [-0.3, -0.25) is 0 Å². The SMILES string of the molecule is CCCc1cccc2c(-c3ccccc3)coc12. The molecule has 0 spiro atoms. The first-order valence-corrected chi connectivity index (χ1v) is 6.44. The van der Waals surface area contributed by atoms with Crippen molar-refractivity contribution in [2.24, 2.45) is 0 Å². The normalized spacial score (nSPS) is 10.9. The summed E-state index contributed by atoms with van der Waals surface area (Å²) >= 11 is 0. The third kappa shape index (κ3) is 1.82. The molecule has 0 N–H and O–H groups in total. The van der Waals surface area contributed by atoms with Crippen molar-refractivity contribution in [1.82, 2.24) is 0 Å². The van der Waals surface area contributed by atoms with E-state index in [1.165, 1.54) is 22.1 Å². The molecule has 1 aromatic heterocycles. The van der Waals surface area contributed by atoms with Gasteiger partial charge in [-0.25, -0.2) is 0 Å². The highest BCUT2D eigenvalue weighted by molar-refractivity contribution is 5.95. The molecule has 3 aromatic rings. The number of aryl methyl sites for hydroxylation is 1. The van der Waals surface area contributed by atoms with Crippen molar-refractivity contribution in [1.29, 1.82) is 0 Å². The zero-order valence-electron chi connectivity index (χ0n) is 10.5. The Morgan fingerprint density at radius 1 is 0.944 bits per heavy atom. The molecular formula is C17H16O. The molecule has 0 aliphatic carbocycles. The lowest BCUT2D eigenvalue weighted by Crippen LogP contribution is -1.83. The fourth-order valence-electron chi connectivity index (χ4n) is 2.42. The molecular weight excluding hydrogens is 220 g/mol. The van der Waals surface area contributed by atoms with Gasteiger partial charge in [0.05, 0.1) is 6.26 Å². The zero-order chi connectivity index (χ0) is 12.4. The van der Waals surface area contributed by atoms with Gasteiger partial charge in [-0.05, 0) is 17.5 Å².